The van der Waals surface area contributed by atoms with Crippen LogP contribution in [0.15, 0.2) is 12.1 Å². The minimum atomic E-state index is -4.30. The second-order valence-corrected chi connectivity index (χ2v) is 4.13. The summed E-state index contributed by atoms with van der Waals surface area (Å²) >= 11 is 0. The Morgan fingerprint density at radius 1 is 1.05 bits per heavy atom. The number of rotatable bonds is 6. The third-order valence-corrected chi connectivity index (χ3v) is 2.77. The van der Waals surface area contributed by atoms with Crippen LogP contribution in [0.1, 0.15) is 24.5 Å². The normalized spacial score (nSPS) is 12.9. The van der Waals surface area contributed by atoms with Crippen LogP contribution in [0, 0.1) is 0 Å². The number of methoxy groups -OCH3 is 3. The van der Waals surface area contributed by atoms with Crippen molar-refractivity contribution in [1.82, 2.24) is 0 Å². The fraction of sp³-hybridized carbons (Fsp3) is 0.538. The van der Waals surface area contributed by atoms with E-state index >= 15 is 0 Å². The summed E-state index contributed by atoms with van der Waals surface area (Å²) in [5.41, 5.74) is 0.281. The van der Waals surface area contributed by atoms with Gasteiger partial charge in [0.1, 0.15) is 0 Å². The molecule has 0 saturated carbocycles. The molecule has 0 fully saturated rings. The lowest BCUT2D eigenvalue weighted by atomic mass is 10.0. The quantitative estimate of drug-likeness (QED) is 0.876. The number of hydrogen-bond donors (Lipinski definition) is 1. The van der Waals surface area contributed by atoms with Crippen molar-refractivity contribution in [2.45, 2.75) is 25.1 Å². The predicted octanol–water partition coefficient (Wildman–Crippen LogP) is 3.09. The van der Waals surface area contributed by atoms with Gasteiger partial charge < -0.3 is 19.3 Å². The molecular weight excluding hydrogens is 277 g/mol. The van der Waals surface area contributed by atoms with Crippen LogP contribution in [0.3, 0.4) is 0 Å². The van der Waals surface area contributed by atoms with E-state index in [2.05, 4.69) is 0 Å². The zero-order valence-corrected chi connectivity index (χ0v) is 11.5. The van der Waals surface area contributed by atoms with Crippen LogP contribution in [0.5, 0.6) is 17.2 Å². The van der Waals surface area contributed by atoms with Crippen LogP contribution in [0.25, 0.3) is 0 Å². The zero-order chi connectivity index (χ0) is 15.3. The number of aliphatic hydroxyl groups is 1. The van der Waals surface area contributed by atoms with Gasteiger partial charge in [-0.05, 0) is 24.1 Å². The maximum absolute atomic E-state index is 12.2. The molecular formula is C13H17F3O4. The van der Waals surface area contributed by atoms with Crippen molar-refractivity contribution in [3.8, 4) is 17.2 Å². The van der Waals surface area contributed by atoms with Gasteiger partial charge in [0.2, 0.25) is 5.75 Å². The number of ether oxygens (including phenoxy) is 3. The summed E-state index contributed by atoms with van der Waals surface area (Å²) in [5.74, 6) is 0.891. The van der Waals surface area contributed by atoms with Crippen LogP contribution in [-0.4, -0.2) is 32.6 Å². The minimum absolute atomic E-state index is 0.281. The summed E-state index contributed by atoms with van der Waals surface area (Å²) in [6.45, 7) is 0. The lowest BCUT2D eigenvalue weighted by Crippen LogP contribution is -2.10. The van der Waals surface area contributed by atoms with E-state index in [0.29, 0.717) is 5.75 Å². The molecule has 1 atom stereocenters. The summed E-state index contributed by atoms with van der Waals surface area (Å²) in [7, 11) is 4.20. The smallest absolute Gasteiger partial charge is 0.389 e. The topological polar surface area (TPSA) is 47.9 Å². The Kier molecular flexibility index (Phi) is 5.50. The second kappa shape index (κ2) is 6.69. The average Bonchev–Trinajstić information content (AvgIpc) is 2.42. The summed E-state index contributed by atoms with van der Waals surface area (Å²) in [6.07, 6.45) is -7.06. The molecule has 0 heterocycles. The molecule has 0 aromatic heterocycles. The highest BCUT2D eigenvalue weighted by atomic mass is 19.4. The molecule has 1 unspecified atom stereocenters. The molecule has 1 rings (SSSR count). The Labute approximate surface area is 115 Å². The molecule has 1 aromatic carbocycles. The minimum Gasteiger partial charge on any atom is -0.493 e. The monoisotopic (exact) mass is 294 g/mol. The highest BCUT2D eigenvalue weighted by Crippen LogP contribution is 2.40. The van der Waals surface area contributed by atoms with Gasteiger partial charge in [-0.1, -0.05) is 0 Å². The number of halogens is 3. The van der Waals surface area contributed by atoms with Crippen LogP contribution < -0.4 is 14.2 Å². The van der Waals surface area contributed by atoms with Gasteiger partial charge in [-0.25, -0.2) is 0 Å². The van der Waals surface area contributed by atoms with Gasteiger partial charge in [0.25, 0.3) is 0 Å². The van der Waals surface area contributed by atoms with E-state index in [1.165, 1.54) is 33.5 Å². The van der Waals surface area contributed by atoms with Crippen molar-refractivity contribution in [1.29, 1.82) is 0 Å². The molecule has 20 heavy (non-hydrogen) atoms. The van der Waals surface area contributed by atoms with E-state index in [1.54, 1.807) is 0 Å². The van der Waals surface area contributed by atoms with Gasteiger partial charge in [0, 0.05) is 6.42 Å². The molecule has 114 valence electrons. The molecule has 0 spiro atoms. The molecule has 0 aliphatic heterocycles. The van der Waals surface area contributed by atoms with Crippen molar-refractivity contribution >= 4 is 0 Å². The van der Waals surface area contributed by atoms with Crippen molar-refractivity contribution < 1.29 is 32.5 Å². The Balaban J connectivity index is 3.00. The number of hydrogen-bond acceptors (Lipinski definition) is 4. The fourth-order valence-electron chi connectivity index (χ4n) is 1.76. The first-order chi connectivity index (χ1) is 9.32. The highest BCUT2D eigenvalue weighted by Gasteiger charge is 2.28. The SMILES string of the molecule is COc1cc(C(O)CCC(F)(F)F)cc(OC)c1OC. The van der Waals surface area contributed by atoms with Crippen molar-refractivity contribution in [3.63, 3.8) is 0 Å². The molecule has 0 saturated heterocycles. The van der Waals surface area contributed by atoms with E-state index in [1.807, 2.05) is 0 Å². The van der Waals surface area contributed by atoms with Gasteiger partial charge >= 0.3 is 6.18 Å². The average molecular weight is 294 g/mol. The van der Waals surface area contributed by atoms with Gasteiger partial charge in [0.15, 0.2) is 11.5 Å². The molecule has 7 heteroatoms. The summed E-state index contributed by atoms with van der Waals surface area (Å²) in [6, 6.07) is 2.87. The van der Waals surface area contributed by atoms with Gasteiger partial charge in [-0.2, -0.15) is 13.2 Å². The molecule has 0 aliphatic rings. The predicted molar refractivity (Wildman–Crippen MR) is 66.3 cm³/mol. The molecule has 0 bridgehead atoms. The molecule has 4 nitrogen and oxygen atoms in total. The van der Waals surface area contributed by atoms with Gasteiger partial charge in [0.05, 0.1) is 27.4 Å². The molecule has 1 aromatic rings. The number of benzene rings is 1. The van der Waals surface area contributed by atoms with Gasteiger partial charge in [-0.3, -0.25) is 0 Å². The Morgan fingerprint density at radius 3 is 1.90 bits per heavy atom. The van der Waals surface area contributed by atoms with Crippen LogP contribution in [-0.2, 0) is 0 Å². The first-order valence-electron chi connectivity index (χ1n) is 5.87. The maximum atomic E-state index is 12.2. The van der Waals surface area contributed by atoms with E-state index in [4.69, 9.17) is 14.2 Å². The van der Waals surface area contributed by atoms with Crippen LogP contribution >= 0.6 is 0 Å². The Hall–Kier alpha value is -1.63. The van der Waals surface area contributed by atoms with Gasteiger partial charge in [-0.15, -0.1) is 0 Å². The first kappa shape index (κ1) is 16.4. The maximum Gasteiger partial charge on any atom is 0.389 e. The second-order valence-electron chi connectivity index (χ2n) is 4.13. The summed E-state index contributed by atoms with van der Waals surface area (Å²) in [4.78, 5) is 0. The standard InChI is InChI=1S/C13H17F3O4/c1-18-10-6-8(7-11(19-2)12(10)20-3)9(17)4-5-13(14,15)16/h6-7,9,17H,4-5H2,1-3H3. The Morgan fingerprint density at radius 2 is 1.55 bits per heavy atom. The van der Waals surface area contributed by atoms with Crippen molar-refractivity contribution in [2.75, 3.05) is 21.3 Å². The van der Waals surface area contributed by atoms with E-state index in [9.17, 15) is 18.3 Å². The first-order valence-corrected chi connectivity index (χ1v) is 5.87. The lowest BCUT2D eigenvalue weighted by Gasteiger charge is -2.17. The number of alkyl halides is 3. The summed E-state index contributed by atoms with van der Waals surface area (Å²) < 4.78 is 51.7. The van der Waals surface area contributed by atoms with E-state index < -0.39 is 25.1 Å². The fourth-order valence-corrected chi connectivity index (χ4v) is 1.76. The third-order valence-electron chi connectivity index (χ3n) is 2.77. The van der Waals surface area contributed by atoms with Crippen LogP contribution in [0.2, 0.25) is 0 Å². The molecule has 0 amide bonds. The lowest BCUT2D eigenvalue weighted by molar-refractivity contribution is -0.140. The largest absolute Gasteiger partial charge is 0.493 e. The van der Waals surface area contributed by atoms with E-state index in [0.717, 1.165) is 0 Å². The van der Waals surface area contributed by atoms with Crippen LogP contribution in [0.4, 0.5) is 13.2 Å². The Bertz CT molecular complexity index is 421. The molecule has 0 aliphatic carbocycles. The van der Waals surface area contributed by atoms with Crippen molar-refractivity contribution in [3.05, 3.63) is 17.7 Å². The van der Waals surface area contributed by atoms with E-state index in [-0.39, 0.29) is 17.1 Å². The number of aliphatic hydroxyl groups excluding tert-OH is 1. The third kappa shape index (κ3) is 4.19. The molecule has 0 radical (unpaired) electrons. The summed E-state index contributed by atoms with van der Waals surface area (Å²) in [5, 5.41) is 9.84. The highest BCUT2D eigenvalue weighted by molar-refractivity contribution is 5.54. The molecule has 1 N–H and O–H groups in total. The zero-order valence-electron chi connectivity index (χ0n) is 11.5. The van der Waals surface area contributed by atoms with Crippen molar-refractivity contribution in [2.24, 2.45) is 0 Å².